The molecule has 0 unspecified atom stereocenters. The summed E-state index contributed by atoms with van der Waals surface area (Å²) in [7, 11) is 1.66. The van der Waals surface area contributed by atoms with Gasteiger partial charge in [0.25, 0.3) is 0 Å². The zero-order valence-corrected chi connectivity index (χ0v) is 11.3. The Labute approximate surface area is 116 Å². The Morgan fingerprint density at radius 3 is 2.31 bits per heavy atom. The molecule has 1 N–H and O–H groups in total. The molecule has 6 nitrogen and oxygen atoms in total. The van der Waals surface area contributed by atoms with Gasteiger partial charge in [0.15, 0.2) is 0 Å². The molecule has 0 bridgehead atoms. The van der Waals surface area contributed by atoms with Gasteiger partial charge < -0.3 is 35.3 Å². The SMILES string of the molecule is CCO/C([S-])=N/N=C/C=N/N=C(\[S-])NC.[Cu+2]. The van der Waals surface area contributed by atoms with E-state index in [9.17, 15) is 0 Å². The van der Waals surface area contributed by atoms with Crippen molar-refractivity contribution in [1.82, 2.24) is 5.32 Å². The van der Waals surface area contributed by atoms with Crippen molar-refractivity contribution in [3.8, 4) is 0 Å². The number of ether oxygens (including phenoxy) is 1. The molecule has 1 radical (unpaired) electrons. The predicted octanol–water partition coefficient (Wildman–Crippen LogP) is 0.0172. The van der Waals surface area contributed by atoms with Gasteiger partial charge in [0.05, 0.1) is 24.3 Å². The van der Waals surface area contributed by atoms with E-state index in [1.807, 2.05) is 6.92 Å². The summed E-state index contributed by atoms with van der Waals surface area (Å²) in [6.07, 6.45) is 2.66. The number of hydrogen-bond donors (Lipinski definition) is 1. The van der Waals surface area contributed by atoms with Crippen molar-refractivity contribution in [3.63, 3.8) is 0 Å². The van der Waals surface area contributed by atoms with Crippen molar-refractivity contribution < 1.29 is 21.8 Å². The van der Waals surface area contributed by atoms with Crippen LogP contribution in [0.15, 0.2) is 20.4 Å². The van der Waals surface area contributed by atoms with E-state index in [0.29, 0.717) is 11.8 Å². The maximum Gasteiger partial charge on any atom is 2.00 e. The Bertz CT molecular complexity index is 293. The number of amidine groups is 1. The van der Waals surface area contributed by atoms with E-state index in [2.05, 4.69) is 25.7 Å². The molecule has 0 heterocycles. The summed E-state index contributed by atoms with van der Waals surface area (Å²) in [6.45, 7) is 2.28. The molecule has 0 aromatic carbocycles. The van der Waals surface area contributed by atoms with Gasteiger partial charge >= 0.3 is 17.1 Å². The Hall–Kier alpha value is -0.761. The molecule has 16 heavy (non-hydrogen) atoms. The maximum absolute atomic E-state index is 4.86. The molecule has 0 fully saturated rings. The fourth-order valence-electron chi connectivity index (χ4n) is 0.428. The molecule has 0 saturated carbocycles. The summed E-state index contributed by atoms with van der Waals surface area (Å²) in [5, 5.41) is 17.3. The molecule has 0 saturated heterocycles. The summed E-state index contributed by atoms with van der Waals surface area (Å²) < 4.78 is 4.86. The van der Waals surface area contributed by atoms with Crippen LogP contribution >= 0.6 is 0 Å². The molecule has 93 valence electrons. The molecule has 0 aromatic heterocycles. The zero-order valence-electron chi connectivity index (χ0n) is 8.68. The zero-order chi connectivity index (χ0) is 11.5. The number of nitrogens with zero attached hydrogens (tertiary/aromatic N) is 4. The van der Waals surface area contributed by atoms with E-state index in [4.69, 9.17) is 30.0 Å². The van der Waals surface area contributed by atoms with Crippen LogP contribution in [0.5, 0.6) is 0 Å². The van der Waals surface area contributed by atoms with E-state index in [1.165, 1.54) is 12.4 Å². The summed E-state index contributed by atoms with van der Waals surface area (Å²) in [4.78, 5) is 0. The smallest absolute Gasteiger partial charge is 0.741 e. The van der Waals surface area contributed by atoms with Gasteiger partial charge in [-0.3, -0.25) is 0 Å². The van der Waals surface area contributed by atoms with Crippen LogP contribution in [0.25, 0.3) is 0 Å². The Morgan fingerprint density at radius 2 is 1.81 bits per heavy atom. The molecule has 0 aromatic rings. The van der Waals surface area contributed by atoms with Gasteiger partial charge in [-0.05, 0) is 12.1 Å². The summed E-state index contributed by atoms with van der Waals surface area (Å²) in [5.41, 5.74) is 0. The second-order valence-corrected chi connectivity index (χ2v) is 2.72. The average molecular weight is 309 g/mol. The third kappa shape index (κ3) is 11.3. The third-order valence-electron chi connectivity index (χ3n) is 0.970. The van der Waals surface area contributed by atoms with E-state index < -0.39 is 0 Å². The van der Waals surface area contributed by atoms with Gasteiger partial charge in [-0.25, -0.2) is 0 Å². The first-order valence-electron chi connectivity index (χ1n) is 4.06. The summed E-state index contributed by atoms with van der Waals surface area (Å²) in [6, 6.07) is 0. The van der Waals surface area contributed by atoms with Crippen LogP contribution < -0.4 is 5.32 Å². The largest absolute Gasteiger partial charge is 2.00 e. The normalized spacial score (nSPS) is 12.9. The molecule has 0 atom stereocenters. The van der Waals surface area contributed by atoms with Crippen molar-refractivity contribution in [2.75, 3.05) is 13.7 Å². The topological polar surface area (TPSA) is 70.7 Å². The Morgan fingerprint density at radius 1 is 1.25 bits per heavy atom. The minimum absolute atomic E-state index is 0. The number of nitrogens with one attached hydrogen (secondary N) is 1. The van der Waals surface area contributed by atoms with Gasteiger partial charge in [-0.15, -0.1) is 5.10 Å². The van der Waals surface area contributed by atoms with Crippen LogP contribution in [0.3, 0.4) is 0 Å². The van der Waals surface area contributed by atoms with Crippen LogP contribution in [-0.4, -0.2) is 36.5 Å². The quantitative estimate of drug-likeness (QED) is 0.261. The molecule has 9 heteroatoms. The van der Waals surface area contributed by atoms with E-state index in [1.54, 1.807) is 7.05 Å². The molecule has 0 aliphatic carbocycles. The standard InChI is InChI=1S/C7H13N5OS2.Cu/c1-3-13-7(15)12-10-5-4-9-11-6(14)8-2;/h4-5H,3H2,1-2H3,(H,12,15)(H2,8,11,14);/q;+2/p-2/b9-4+,10-5+;. The monoisotopic (exact) mass is 308 g/mol. The van der Waals surface area contributed by atoms with Crippen LogP contribution in [0, 0.1) is 0 Å². The van der Waals surface area contributed by atoms with Crippen LogP contribution in [-0.2, 0) is 47.1 Å². The van der Waals surface area contributed by atoms with Gasteiger partial charge in [0.2, 0.25) is 0 Å². The second kappa shape index (κ2) is 12.3. The molecule has 0 aliphatic heterocycles. The second-order valence-electron chi connectivity index (χ2n) is 1.98. The van der Waals surface area contributed by atoms with E-state index in [-0.39, 0.29) is 22.3 Å². The minimum Gasteiger partial charge on any atom is -0.741 e. The first-order chi connectivity index (χ1) is 7.20. The predicted molar refractivity (Wildman–Crippen MR) is 67.3 cm³/mol. The van der Waals surface area contributed by atoms with Crippen LogP contribution in [0.4, 0.5) is 0 Å². The first kappa shape index (κ1) is 17.6. The van der Waals surface area contributed by atoms with Crippen LogP contribution in [0.1, 0.15) is 6.92 Å². The van der Waals surface area contributed by atoms with Gasteiger partial charge in [-0.1, -0.05) is 0 Å². The minimum atomic E-state index is 0. The summed E-state index contributed by atoms with van der Waals surface area (Å²) >= 11 is 9.40. The summed E-state index contributed by atoms with van der Waals surface area (Å²) in [5.74, 6) is 0. The van der Waals surface area contributed by atoms with E-state index in [0.717, 1.165) is 0 Å². The van der Waals surface area contributed by atoms with Gasteiger partial charge in [0, 0.05) is 7.05 Å². The molecular weight excluding hydrogens is 298 g/mol. The van der Waals surface area contributed by atoms with Crippen LogP contribution in [0.2, 0.25) is 0 Å². The van der Waals surface area contributed by atoms with Crippen molar-refractivity contribution >= 4 is 48.1 Å². The molecule has 0 rings (SSSR count). The maximum atomic E-state index is 4.86. The van der Waals surface area contributed by atoms with Crippen molar-refractivity contribution in [2.24, 2.45) is 20.4 Å². The fourth-order valence-corrected chi connectivity index (χ4v) is 0.640. The number of rotatable bonds is 4. The Balaban J connectivity index is 0. The van der Waals surface area contributed by atoms with Crippen molar-refractivity contribution in [2.45, 2.75) is 6.92 Å². The third-order valence-corrected chi connectivity index (χ3v) is 1.45. The molecular formula is C7H11CuN5OS2. The molecule has 0 spiro atoms. The van der Waals surface area contributed by atoms with Gasteiger partial charge in [-0.2, -0.15) is 15.3 Å². The first-order valence-corrected chi connectivity index (χ1v) is 4.87. The average Bonchev–Trinajstić information content (AvgIpc) is 2.23. The molecule has 0 aliphatic rings. The van der Waals surface area contributed by atoms with E-state index >= 15 is 0 Å². The molecule has 0 amide bonds. The Kier molecular flexibility index (Phi) is 13.6. The van der Waals surface area contributed by atoms with Crippen molar-refractivity contribution in [3.05, 3.63) is 0 Å². The van der Waals surface area contributed by atoms with Gasteiger partial charge in [0.1, 0.15) is 0 Å². The van der Waals surface area contributed by atoms with Crippen molar-refractivity contribution in [1.29, 1.82) is 0 Å². The number of hydrogen-bond acceptors (Lipinski definition) is 7. The fraction of sp³-hybridized carbons (Fsp3) is 0.429.